The maximum atomic E-state index is 12.7. The molecule has 0 aliphatic rings. The number of carbonyl (C=O) groups is 3. The van der Waals surface area contributed by atoms with E-state index in [2.05, 4.69) is 0 Å². The van der Waals surface area contributed by atoms with E-state index >= 15 is 0 Å². The van der Waals surface area contributed by atoms with Gasteiger partial charge in [0.2, 0.25) is 5.78 Å². The zero-order chi connectivity index (χ0) is 23.1. The van der Waals surface area contributed by atoms with Crippen LogP contribution < -0.4 is 9.47 Å². The van der Waals surface area contributed by atoms with E-state index in [-0.39, 0.29) is 11.5 Å². The molecule has 1 unspecified atom stereocenters. The van der Waals surface area contributed by atoms with E-state index in [1.54, 1.807) is 39.0 Å². The Labute approximate surface area is 178 Å². The molecule has 0 fully saturated rings. The number of hydrogen-bond acceptors (Lipinski definition) is 7. The Balaban J connectivity index is 2.89. The van der Waals surface area contributed by atoms with Crippen LogP contribution in [0.3, 0.4) is 0 Å². The van der Waals surface area contributed by atoms with Crippen LogP contribution in [0.2, 0.25) is 0 Å². The molecule has 8 heteroatoms. The van der Waals surface area contributed by atoms with Crippen molar-refractivity contribution in [2.75, 3.05) is 27.9 Å². The van der Waals surface area contributed by atoms with Gasteiger partial charge in [-0.15, -0.1) is 0 Å². The molecule has 1 rings (SSSR count). The number of rotatable bonds is 9. The average molecular weight is 424 g/mol. The normalized spacial score (nSPS) is 12.2. The fourth-order valence-electron chi connectivity index (χ4n) is 2.66. The first-order valence-corrected chi connectivity index (χ1v) is 9.77. The van der Waals surface area contributed by atoms with Crippen LogP contribution in [-0.4, -0.2) is 62.3 Å². The quantitative estimate of drug-likeness (QED) is 0.442. The number of ketones is 1. The van der Waals surface area contributed by atoms with Gasteiger partial charge in [0, 0.05) is 13.1 Å². The minimum Gasteiger partial charge on any atom is -0.497 e. The second-order valence-corrected chi connectivity index (χ2v) is 8.33. The van der Waals surface area contributed by atoms with E-state index in [1.165, 1.54) is 26.2 Å². The molecule has 0 spiro atoms. The lowest BCUT2D eigenvalue weighted by Gasteiger charge is -2.30. The molecule has 168 valence electrons. The summed E-state index contributed by atoms with van der Waals surface area (Å²) in [5.41, 5.74) is -0.426. The second-order valence-electron chi connectivity index (χ2n) is 8.33. The molecule has 30 heavy (non-hydrogen) atoms. The number of nitrogens with zero attached hydrogens (tertiary/aromatic N) is 1. The molecule has 1 atom stereocenters. The summed E-state index contributed by atoms with van der Waals surface area (Å²) in [6.07, 6.45) is -0.262. The summed E-state index contributed by atoms with van der Waals surface area (Å²) in [7, 11) is 4.43. The van der Waals surface area contributed by atoms with Gasteiger partial charge in [-0.1, -0.05) is 13.8 Å². The fraction of sp³-hybridized carbons (Fsp3) is 0.591. The van der Waals surface area contributed by atoms with E-state index < -0.39 is 36.1 Å². The SMILES string of the molecule is COc1ccc(C(=O)COC(=O)C(CC(C)C)N(C)C(=O)OC(C)(C)C)c(OC)c1. The lowest BCUT2D eigenvalue weighted by atomic mass is 10.0. The van der Waals surface area contributed by atoms with Crippen LogP contribution in [-0.2, 0) is 14.3 Å². The first-order valence-electron chi connectivity index (χ1n) is 9.77. The summed E-state index contributed by atoms with van der Waals surface area (Å²) in [6.45, 7) is 8.62. The van der Waals surface area contributed by atoms with Crippen molar-refractivity contribution in [3.8, 4) is 11.5 Å². The van der Waals surface area contributed by atoms with Crippen molar-refractivity contribution in [1.29, 1.82) is 0 Å². The van der Waals surface area contributed by atoms with Gasteiger partial charge in [-0.2, -0.15) is 0 Å². The maximum Gasteiger partial charge on any atom is 0.410 e. The minimum atomic E-state index is -0.870. The van der Waals surface area contributed by atoms with Crippen LogP contribution in [0.1, 0.15) is 51.4 Å². The predicted molar refractivity (Wildman–Crippen MR) is 112 cm³/mol. The molecule has 0 saturated heterocycles. The molecular weight excluding hydrogens is 390 g/mol. The monoisotopic (exact) mass is 423 g/mol. The topological polar surface area (TPSA) is 91.4 Å². The van der Waals surface area contributed by atoms with Crippen molar-refractivity contribution >= 4 is 17.8 Å². The summed E-state index contributed by atoms with van der Waals surface area (Å²) in [6, 6.07) is 3.87. The highest BCUT2D eigenvalue weighted by Gasteiger charge is 2.32. The largest absolute Gasteiger partial charge is 0.497 e. The highest BCUT2D eigenvalue weighted by atomic mass is 16.6. The van der Waals surface area contributed by atoms with Crippen LogP contribution in [0, 0.1) is 5.92 Å². The Hall–Kier alpha value is -2.77. The third kappa shape index (κ3) is 7.57. The Kier molecular flexibility index (Phi) is 9.14. The smallest absolute Gasteiger partial charge is 0.410 e. The van der Waals surface area contributed by atoms with Crippen LogP contribution >= 0.6 is 0 Å². The van der Waals surface area contributed by atoms with Gasteiger partial charge in [0.1, 0.15) is 23.1 Å². The summed E-state index contributed by atoms with van der Waals surface area (Å²) in [4.78, 5) is 38.9. The van der Waals surface area contributed by atoms with E-state index in [0.29, 0.717) is 17.9 Å². The zero-order valence-corrected chi connectivity index (χ0v) is 19.1. The average Bonchev–Trinajstić information content (AvgIpc) is 2.67. The van der Waals surface area contributed by atoms with Crippen LogP contribution in [0.4, 0.5) is 4.79 Å². The maximum absolute atomic E-state index is 12.7. The van der Waals surface area contributed by atoms with Gasteiger partial charge in [-0.25, -0.2) is 9.59 Å². The van der Waals surface area contributed by atoms with E-state index in [9.17, 15) is 14.4 Å². The number of hydrogen-bond donors (Lipinski definition) is 0. The number of esters is 1. The molecule has 1 amide bonds. The first kappa shape index (κ1) is 25.3. The van der Waals surface area contributed by atoms with Gasteiger partial charge in [0.05, 0.1) is 19.8 Å². The summed E-state index contributed by atoms with van der Waals surface area (Å²) < 4.78 is 20.9. The molecule has 1 aromatic carbocycles. The lowest BCUT2D eigenvalue weighted by Crippen LogP contribution is -2.46. The zero-order valence-electron chi connectivity index (χ0n) is 19.1. The predicted octanol–water partition coefficient (Wildman–Crippen LogP) is 3.71. The van der Waals surface area contributed by atoms with Crippen LogP contribution in [0.15, 0.2) is 18.2 Å². The fourth-order valence-corrected chi connectivity index (χ4v) is 2.66. The van der Waals surface area contributed by atoms with E-state index in [1.807, 2.05) is 13.8 Å². The molecular formula is C22H33NO7. The van der Waals surface area contributed by atoms with Crippen molar-refractivity contribution in [3.05, 3.63) is 23.8 Å². The van der Waals surface area contributed by atoms with Gasteiger partial charge < -0.3 is 18.9 Å². The lowest BCUT2D eigenvalue weighted by molar-refractivity contribution is -0.148. The van der Waals surface area contributed by atoms with Gasteiger partial charge >= 0.3 is 12.1 Å². The third-order valence-corrected chi connectivity index (χ3v) is 4.17. The summed E-state index contributed by atoms with van der Waals surface area (Å²) in [5, 5.41) is 0. The van der Waals surface area contributed by atoms with Crippen molar-refractivity contribution in [2.45, 2.75) is 52.7 Å². The Morgan fingerprint density at radius 2 is 1.70 bits per heavy atom. The number of ether oxygens (including phenoxy) is 4. The van der Waals surface area contributed by atoms with Gasteiger partial charge in [0.15, 0.2) is 6.61 Å². The first-order chi connectivity index (χ1) is 13.9. The molecule has 0 bridgehead atoms. The molecule has 0 saturated carbocycles. The molecule has 0 aliphatic carbocycles. The summed E-state index contributed by atoms with van der Waals surface area (Å²) in [5.74, 6) is -0.120. The highest BCUT2D eigenvalue weighted by molar-refractivity contribution is 6.00. The van der Waals surface area contributed by atoms with Crippen molar-refractivity contribution in [2.24, 2.45) is 5.92 Å². The second kappa shape index (κ2) is 10.8. The Morgan fingerprint density at radius 3 is 2.20 bits per heavy atom. The molecule has 0 radical (unpaired) electrons. The van der Waals surface area contributed by atoms with Gasteiger partial charge in [0.25, 0.3) is 0 Å². The highest BCUT2D eigenvalue weighted by Crippen LogP contribution is 2.25. The Bertz CT molecular complexity index is 752. The molecule has 8 nitrogen and oxygen atoms in total. The minimum absolute atomic E-state index is 0.116. The summed E-state index contributed by atoms with van der Waals surface area (Å²) >= 11 is 0. The number of likely N-dealkylation sites (N-methyl/N-ethyl adjacent to an activating group) is 1. The number of amides is 1. The van der Waals surface area contributed by atoms with Crippen LogP contribution in [0.5, 0.6) is 11.5 Å². The number of benzene rings is 1. The van der Waals surface area contributed by atoms with Crippen LogP contribution in [0.25, 0.3) is 0 Å². The molecule has 0 heterocycles. The van der Waals surface area contributed by atoms with Crippen molar-refractivity contribution < 1.29 is 33.3 Å². The Morgan fingerprint density at radius 1 is 1.07 bits per heavy atom. The molecule has 0 N–H and O–H groups in total. The molecule has 0 aliphatic heterocycles. The number of carbonyl (C=O) groups excluding carboxylic acids is 3. The van der Waals surface area contributed by atoms with Crippen molar-refractivity contribution in [1.82, 2.24) is 4.90 Å². The van der Waals surface area contributed by atoms with Crippen molar-refractivity contribution in [3.63, 3.8) is 0 Å². The number of methoxy groups -OCH3 is 2. The molecule has 1 aromatic rings. The van der Waals surface area contributed by atoms with E-state index in [4.69, 9.17) is 18.9 Å². The van der Waals surface area contributed by atoms with Gasteiger partial charge in [-0.05, 0) is 45.2 Å². The van der Waals surface area contributed by atoms with Gasteiger partial charge in [-0.3, -0.25) is 9.69 Å². The standard InChI is InChI=1S/C22H33NO7/c1-14(2)11-17(23(6)21(26)30-22(3,4)5)20(25)29-13-18(24)16-10-9-15(27-7)12-19(16)28-8/h9-10,12,14,17H,11,13H2,1-8H3. The number of Topliss-reactive ketones (excluding diaryl/α,β-unsaturated/α-hetero) is 1. The van der Waals surface area contributed by atoms with E-state index in [0.717, 1.165) is 0 Å². The molecule has 0 aromatic heterocycles. The third-order valence-electron chi connectivity index (χ3n) is 4.17.